The first-order valence-electron chi connectivity index (χ1n) is 6.24. The van der Waals surface area contributed by atoms with Crippen molar-refractivity contribution in [3.8, 4) is 5.75 Å². The maximum Gasteiger partial charge on any atom is 0.139 e. The van der Waals surface area contributed by atoms with Crippen LogP contribution in [0.25, 0.3) is 0 Å². The zero-order valence-electron chi connectivity index (χ0n) is 11.3. The molecule has 3 N–H and O–H groups in total. The Balaban J connectivity index is 2.58. The fraction of sp³-hybridized carbons (Fsp3) is 0.500. The van der Waals surface area contributed by atoms with Crippen LogP contribution in [0.1, 0.15) is 43.7 Å². The largest absolute Gasteiger partial charge is 0.493 e. The van der Waals surface area contributed by atoms with Crippen molar-refractivity contribution in [2.24, 2.45) is 10.9 Å². The Hall–Kier alpha value is -1.71. The summed E-state index contributed by atoms with van der Waals surface area (Å²) in [5.41, 5.74) is 7.80. The normalized spacial score (nSPS) is 11.9. The predicted octanol–water partition coefficient (Wildman–Crippen LogP) is 3.02. The number of benzene rings is 1. The number of nitrogens with two attached hydrogens (primary N) is 1. The van der Waals surface area contributed by atoms with Crippen molar-refractivity contribution >= 4 is 5.84 Å². The average Bonchev–Trinajstić information content (AvgIpc) is 2.34. The molecule has 4 heteroatoms. The van der Waals surface area contributed by atoms with Gasteiger partial charge in [-0.25, -0.2) is 0 Å². The molecule has 0 aromatic heterocycles. The molecule has 0 aliphatic rings. The van der Waals surface area contributed by atoms with E-state index in [2.05, 4.69) is 37.2 Å². The van der Waals surface area contributed by atoms with E-state index in [4.69, 9.17) is 15.7 Å². The van der Waals surface area contributed by atoms with Gasteiger partial charge in [0.1, 0.15) is 11.6 Å². The van der Waals surface area contributed by atoms with Gasteiger partial charge in [0.2, 0.25) is 0 Å². The lowest BCUT2D eigenvalue weighted by molar-refractivity contribution is 0.302. The lowest BCUT2D eigenvalue weighted by Crippen LogP contribution is -2.13. The van der Waals surface area contributed by atoms with Gasteiger partial charge in [-0.15, -0.1) is 0 Å². The first-order chi connectivity index (χ1) is 8.54. The zero-order chi connectivity index (χ0) is 13.5. The maximum atomic E-state index is 8.43. The van der Waals surface area contributed by atoms with Crippen molar-refractivity contribution in [3.05, 3.63) is 29.3 Å². The van der Waals surface area contributed by atoms with Gasteiger partial charge >= 0.3 is 0 Å². The SMILES string of the molecule is Cc1ccc(C(C)C)c(OCCC/C(N)=N/O)c1. The molecule has 0 spiro atoms. The predicted molar refractivity (Wildman–Crippen MR) is 73.4 cm³/mol. The molecule has 0 saturated heterocycles. The van der Waals surface area contributed by atoms with E-state index in [0.29, 0.717) is 18.9 Å². The zero-order valence-corrected chi connectivity index (χ0v) is 11.3. The molecule has 0 heterocycles. The van der Waals surface area contributed by atoms with Crippen molar-refractivity contribution in [1.82, 2.24) is 0 Å². The summed E-state index contributed by atoms with van der Waals surface area (Å²) in [6, 6.07) is 6.26. The van der Waals surface area contributed by atoms with Crippen molar-refractivity contribution < 1.29 is 9.94 Å². The molecule has 0 fully saturated rings. The molecule has 100 valence electrons. The number of rotatable bonds is 6. The smallest absolute Gasteiger partial charge is 0.139 e. The summed E-state index contributed by atoms with van der Waals surface area (Å²) in [5.74, 6) is 1.61. The van der Waals surface area contributed by atoms with Gasteiger partial charge < -0.3 is 15.7 Å². The van der Waals surface area contributed by atoms with E-state index in [1.54, 1.807) is 0 Å². The van der Waals surface area contributed by atoms with Crippen LogP contribution in [-0.4, -0.2) is 17.6 Å². The van der Waals surface area contributed by atoms with Gasteiger partial charge in [0.25, 0.3) is 0 Å². The summed E-state index contributed by atoms with van der Waals surface area (Å²) >= 11 is 0. The van der Waals surface area contributed by atoms with Gasteiger partial charge in [0, 0.05) is 6.42 Å². The number of hydrogen-bond donors (Lipinski definition) is 2. The second-order valence-corrected chi connectivity index (χ2v) is 4.74. The van der Waals surface area contributed by atoms with Crippen LogP contribution < -0.4 is 10.5 Å². The van der Waals surface area contributed by atoms with Crippen LogP contribution in [0.3, 0.4) is 0 Å². The summed E-state index contributed by atoms with van der Waals surface area (Å²) < 4.78 is 5.78. The van der Waals surface area contributed by atoms with E-state index < -0.39 is 0 Å². The van der Waals surface area contributed by atoms with Crippen LogP contribution in [-0.2, 0) is 0 Å². The fourth-order valence-electron chi connectivity index (χ4n) is 1.73. The van der Waals surface area contributed by atoms with E-state index in [0.717, 1.165) is 12.2 Å². The molecule has 0 bridgehead atoms. The molecule has 1 aromatic rings. The molecule has 0 radical (unpaired) electrons. The Kier molecular flexibility index (Phi) is 5.49. The third-order valence-electron chi connectivity index (χ3n) is 2.75. The molecule has 0 saturated carbocycles. The highest BCUT2D eigenvalue weighted by Crippen LogP contribution is 2.27. The first-order valence-corrected chi connectivity index (χ1v) is 6.24. The lowest BCUT2D eigenvalue weighted by Gasteiger charge is -2.14. The van der Waals surface area contributed by atoms with Crippen LogP contribution in [0.4, 0.5) is 0 Å². The molecule has 18 heavy (non-hydrogen) atoms. The van der Waals surface area contributed by atoms with Crippen molar-refractivity contribution in [2.75, 3.05) is 6.61 Å². The lowest BCUT2D eigenvalue weighted by atomic mass is 10.0. The number of oxime groups is 1. The number of ether oxygens (including phenoxy) is 1. The van der Waals surface area contributed by atoms with Gasteiger partial charge in [-0.3, -0.25) is 0 Å². The molecule has 1 rings (SSSR count). The minimum atomic E-state index is 0.243. The second-order valence-electron chi connectivity index (χ2n) is 4.74. The van der Waals surface area contributed by atoms with E-state index in [1.807, 2.05) is 6.92 Å². The van der Waals surface area contributed by atoms with E-state index in [-0.39, 0.29) is 5.84 Å². The standard InChI is InChI=1S/C14H22N2O2/c1-10(2)12-7-6-11(3)9-13(12)18-8-4-5-14(15)16-17/h6-7,9-10,17H,4-5,8H2,1-3H3,(H2,15,16). The van der Waals surface area contributed by atoms with Gasteiger partial charge in [0.05, 0.1) is 6.61 Å². The average molecular weight is 250 g/mol. The Morgan fingerprint density at radius 3 is 2.78 bits per heavy atom. The minimum absolute atomic E-state index is 0.243. The Morgan fingerprint density at radius 2 is 2.17 bits per heavy atom. The number of aryl methyl sites for hydroxylation is 1. The van der Waals surface area contributed by atoms with Crippen LogP contribution in [0, 0.1) is 6.92 Å². The van der Waals surface area contributed by atoms with Crippen molar-refractivity contribution in [2.45, 2.75) is 39.5 Å². The molecular weight excluding hydrogens is 228 g/mol. The van der Waals surface area contributed by atoms with Gasteiger partial charge in [-0.2, -0.15) is 0 Å². The molecule has 0 aliphatic carbocycles. The highest BCUT2D eigenvalue weighted by molar-refractivity contribution is 5.79. The molecule has 1 aromatic carbocycles. The number of hydrogen-bond acceptors (Lipinski definition) is 3. The molecule has 0 amide bonds. The maximum absolute atomic E-state index is 8.43. The Labute approximate surface area is 108 Å². The number of nitrogens with zero attached hydrogens (tertiary/aromatic N) is 1. The van der Waals surface area contributed by atoms with E-state index in [9.17, 15) is 0 Å². The van der Waals surface area contributed by atoms with Gasteiger partial charge in [0.15, 0.2) is 0 Å². The third kappa shape index (κ3) is 4.28. The molecule has 4 nitrogen and oxygen atoms in total. The highest BCUT2D eigenvalue weighted by atomic mass is 16.5. The summed E-state index contributed by atoms with van der Waals surface area (Å²) in [7, 11) is 0. The van der Waals surface area contributed by atoms with Crippen LogP contribution in [0.15, 0.2) is 23.4 Å². The summed E-state index contributed by atoms with van der Waals surface area (Å²) in [4.78, 5) is 0. The quantitative estimate of drug-likeness (QED) is 0.268. The first kappa shape index (κ1) is 14.4. The van der Waals surface area contributed by atoms with Crippen molar-refractivity contribution in [1.29, 1.82) is 0 Å². The Bertz CT molecular complexity index is 414. The second kappa shape index (κ2) is 6.89. The molecular formula is C14H22N2O2. The topological polar surface area (TPSA) is 67.8 Å². The van der Waals surface area contributed by atoms with E-state index >= 15 is 0 Å². The van der Waals surface area contributed by atoms with Crippen LogP contribution in [0.2, 0.25) is 0 Å². The van der Waals surface area contributed by atoms with Crippen LogP contribution >= 0.6 is 0 Å². The number of amidine groups is 1. The van der Waals surface area contributed by atoms with Gasteiger partial charge in [-0.1, -0.05) is 31.1 Å². The van der Waals surface area contributed by atoms with E-state index in [1.165, 1.54) is 11.1 Å². The van der Waals surface area contributed by atoms with Gasteiger partial charge in [-0.05, 0) is 36.5 Å². The fourth-order valence-corrected chi connectivity index (χ4v) is 1.73. The van der Waals surface area contributed by atoms with Crippen molar-refractivity contribution in [3.63, 3.8) is 0 Å². The minimum Gasteiger partial charge on any atom is -0.493 e. The summed E-state index contributed by atoms with van der Waals surface area (Å²) in [6.45, 7) is 6.91. The highest BCUT2D eigenvalue weighted by Gasteiger charge is 2.07. The Morgan fingerprint density at radius 1 is 1.44 bits per heavy atom. The molecule has 0 atom stereocenters. The third-order valence-corrected chi connectivity index (χ3v) is 2.75. The monoisotopic (exact) mass is 250 g/mol. The molecule has 0 unspecified atom stereocenters. The van der Waals surface area contributed by atoms with Crippen LogP contribution in [0.5, 0.6) is 5.75 Å². The summed E-state index contributed by atoms with van der Waals surface area (Å²) in [6.07, 6.45) is 1.28. The molecule has 0 aliphatic heterocycles. The summed E-state index contributed by atoms with van der Waals surface area (Å²) in [5, 5.41) is 11.4.